The minimum atomic E-state index is -0.439. The van der Waals surface area contributed by atoms with E-state index in [0.717, 1.165) is 32.5 Å². The summed E-state index contributed by atoms with van der Waals surface area (Å²) in [6.45, 7) is 6.54. The Kier molecular flexibility index (Phi) is 6.66. The quantitative estimate of drug-likeness (QED) is 0.781. The van der Waals surface area contributed by atoms with E-state index in [9.17, 15) is 5.11 Å². The van der Waals surface area contributed by atoms with Crippen LogP contribution in [0.25, 0.3) is 0 Å². The second-order valence-corrected chi connectivity index (χ2v) is 7.21. The molecule has 0 aromatic carbocycles. The molecule has 136 valence electrons. The minimum absolute atomic E-state index is 0.225. The Bertz CT molecular complexity index is 488. The molecule has 0 radical (unpaired) electrons. The first kappa shape index (κ1) is 17.9. The van der Waals surface area contributed by atoms with Crippen LogP contribution < -0.4 is 0 Å². The zero-order valence-corrected chi connectivity index (χ0v) is 14.8. The molecule has 2 fully saturated rings. The lowest BCUT2D eigenvalue weighted by Gasteiger charge is -2.36. The van der Waals surface area contributed by atoms with Crippen molar-refractivity contribution in [3.05, 3.63) is 18.0 Å². The number of likely N-dealkylation sites (tertiary alicyclic amines) is 1. The van der Waals surface area contributed by atoms with Crippen molar-refractivity contribution < 1.29 is 14.6 Å². The van der Waals surface area contributed by atoms with Crippen LogP contribution in [0.2, 0.25) is 0 Å². The van der Waals surface area contributed by atoms with Gasteiger partial charge in [0.2, 0.25) is 0 Å². The molecule has 2 aliphatic heterocycles. The highest BCUT2D eigenvalue weighted by atomic mass is 16.5. The average Bonchev–Trinajstić information content (AvgIpc) is 3.21. The number of ether oxygens (including phenoxy) is 2. The molecule has 2 aliphatic rings. The highest BCUT2D eigenvalue weighted by molar-refractivity contribution is 4.99. The maximum Gasteiger partial charge on any atom is 0.0900 e. The summed E-state index contributed by atoms with van der Waals surface area (Å²) in [6.07, 6.45) is 9.61. The highest BCUT2D eigenvalue weighted by Crippen LogP contribution is 2.19. The van der Waals surface area contributed by atoms with Gasteiger partial charge in [0, 0.05) is 25.4 Å². The smallest absolute Gasteiger partial charge is 0.0900 e. The van der Waals surface area contributed by atoms with Crippen LogP contribution in [-0.4, -0.2) is 70.9 Å². The molecule has 0 unspecified atom stereocenters. The van der Waals surface area contributed by atoms with E-state index < -0.39 is 6.10 Å². The van der Waals surface area contributed by atoms with Gasteiger partial charge in [-0.25, -0.2) is 0 Å². The molecule has 0 bridgehead atoms. The Hall–Kier alpha value is -0.950. The molecule has 3 heterocycles. The van der Waals surface area contributed by atoms with Gasteiger partial charge in [0.15, 0.2) is 0 Å². The fourth-order valence-corrected chi connectivity index (χ4v) is 3.72. The van der Waals surface area contributed by atoms with Gasteiger partial charge in [0.1, 0.15) is 0 Å². The molecule has 1 N–H and O–H groups in total. The van der Waals surface area contributed by atoms with Gasteiger partial charge in [-0.3, -0.25) is 9.58 Å². The fraction of sp³-hybridized carbons (Fsp3) is 0.833. The van der Waals surface area contributed by atoms with Gasteiger partial charge in [-0.2, -0.15) is 5.10 Å². The Morgan fingerprint density at radius 1 is 1.38 bits per heavy atom. The summed E-state index contributed by atoms with van der Waals surface area (Å²) in [4.78, 5) is 2.40. The van der Waals surface area contributed by atoms with Crippen molar-refractivity contribution in [1.29, 1.82) is 0 Å². The first-order valence-corrected chi connectivity index (χ1v) is 9.31. The molecule has 24 heavy (non-hydrogen) atoms. The Morgan fingerprint density at radius 3 is 3.04 bits per heavy atom. The molecular formula is C18H31N3O3. The van der Waals surface area contributed by atoms with Crippen LogP contribution in [0.15, 0.2) is 12.4 Å². The number of aliphatic hydroxyl groups is 1. The van der Waals surface area contributed by atoms with Crippen LogP contribution in [0.5, 0.6) is 0 Å². The number of piperidine rings is 1. The Morgan fingerprint density at radius 2 is 2.29 bits per heavy atom. The van der Waals surface area contributed by atoms with Gasteiger partial charge >= 0.3 is 0 Å². The number of aryl methyl sites for hydroxylation is 1. The number of aliphatic hydroxyl groups excluding tert-OH is 1. The molecule has 6 nitrogen and oxygen atoms in total. The number of hydrogen-bond acceptors (Lipinski definition) is 5. The van der Waals surface area contributed by atoms with E-state index in [1.54, 1.807) is 0 Å². The molecule has 2 saturated heterocycles. The van der Waals surface area contributed by atoms with Crippen LogP contribution in [0.3, 0.4) is 0 Å². The molecule has 6 heteroatoms. The average molecular weight is 337 g/mol. The summed E-state index contributed by atoms with van der Waals surface area (Å²) in [5, 5.41) is 14.7. The Balaban J connectivity index is 1.42. The van der Waals surface area contributed by atoms with E-state index in [1.807, 2.05) is 10.9 Å². The van der Waals surface area contributed by atoms with Crippen LogP contribution >= 0.6 is 0 Å². The van der Waals surface area contributed by atoms with E-state index in [1.165, 1.54) is 24.8 Å². The van der Waals surface area contributed by atoms with Gasteiger partial charge in [0.25, 0.3) is 0 Å². The summed E-state index contributed by atoms with van der Waals surface area (Å²) >= 11 is 0. The lowest BCUT2D eigenvalue weighted by Crippen LogP contribution is -2.46. The van der Waals surface area contributed by atoms with Crippen molar-refractivity contribution in [1.82, 2.24) is 14.7 Å². The molecule has 3 atom stereocenters. The van der Waals surface area contributed by atoms with E-state index in [4.69, 9.17) is 9.47 Å². The van der Waals surface area contributed by atoms with E-state index in [-0.39, 0.29) is 6.10 Å². The van der Waals surface area contributed by atoms with Crippen molar-refractivity contribution in [3.63, 3.8) is 0 Å². The summed E-state index contributed by atoms with van der Waals surface area (Å²) < 4.78 is 13.2. The Labute approximate surface area is 144 Å². The SMILES string of the molecule is Cc1cnn(C[C@@H]2CCCCN2C[C@H](O)COC[C@H]2CCCO2)c1. The van der Waals surface area contributed by atoms with Gasteiger partial charge in [-0.05, 0) is 44.7 Å². The van der Waals surface area contributed by atoms with Crippen molar-refractivity contribution in [3.8, 4) is 0 Å². The lowest BCUT2D eigenvalue weighted by atomic mass is 10.0. The van der Waals surface area contributed by atoms with Crippen molar-refractivity contribution in [2.45, 2.75) is 63.8 Å². The maximum absolute atomic E-state index is 10.3. The molecule has 0 aliphatic carbocycles. The predicted octanol–water partition coefficient (Wildman–Crippen LogP) is 1.60. The number of nitrogens with zero attached hydrogens (tertiary/aromatic N) is 3. The number of hydrogen-bond donors (Lipinski definition) is 1. The monoisotopic (exact) mass is 337 g/mol. The third-order valence-electron chi connectivity index (χ3n) is 4.99. The normalized spacial score (nSPS) is 26.8. The standard InChI is InChI=1S/C18H31N3O3/c1-15-9-19-21(10-15)11-16-5-2-3-7-20(16)12-17(22)13-23-14-18-6-4-8-24-18/h9-10,16-18,22H,2-8,11-14H2,1H3/t16-,17-,18+/m0/s1. The van der Waals surface area contributed by atoms with Crippen LogP contribution in [0.1, 0.15) is 37.7 Å². The van der Waals surface area contributed by atoms with Gasteiger partial charge < -0.3 is 14.6 Å². The van der Waals surface area contributed by atoms with E-state index in [0.29, 0.717) is 25.8 Å². The zero-order valence-electron chi connectivity index (χ0n) is 14.8. The van der Waals surface area contributed by atoms with E-state index in [2.05, 4.69) is 23.1 Å². The van der Waals surface area contributed by atoms with E-state index >= 15 is 0 Å². The number of β-amino-alcohol motifs (C(OH)–C–C–N with tert-alkyl or cyclic N) is 1. The lowest BCUT2D eigenvalue weighted by molar-refractivity contribution is -0.0322. The van der Waals surface area contributed by atoms with Gasteiger partial charge in [0.05, 0.1) is 38.2 Å². The molecule has 0 saturated carbocycles. The molecule has 0 spiro atoms. The number of aromatic nitrogens is 2. The zero-order chi connectivity index (χ0) is 16.8. The van der Waals surface area contributed by atoms with Crippen LogP contribution in [0.4, 0.5) is 0 Å². The van der Waals surface area contributed by atoms with Crippen molar-refractivity contribution >= 4 is 0 Å². The molecule has 0 amide bonds. The third kappa shape index (κ3) is 5.28. The largest absolute Gasteiger partial charge is 0.389 e. The van der Waals surface area contributed by atoms with Crippen molar-refractivity contribution in [2.75, 3.05) is 32.9 Å². The third-order valence-corrected chi connectivity index (χ3v) is 4.99. The first-order chi connectivity index (χ1) is 11.7. The maximum atomic E-state index is 10.3. The summed E-state index contributed by atoms with van der Waals surface area (Å²) in [7, 11) is 0. The first-order valence-electron chi connectivity index (χ1n) is 9.31. The molecule has 1 aromatic rings. The minimum Gasteiger partial charge on any atom is -0.389 e. The second kappa shape index (κ2) is 8.94. The summed E-state index contributed by atoms with van der Waals surface area (Å²) in [6, 6.07) is 0.450. The highest BCUT2D eigenvalue weighted by Gasteiger charge is 2.25. The molecular weight excluding hydrogens is 306 g/mol. The predicted molar refractivity (Wildman–Crippen MR) is 92.0 cm³/mol. The van der Waals surface area contributed by atoms with Crippen molar-refractivity contribution in [2.24, 2.45) is 0 Å². The number of rotatable bonds is 8. The van der Waals surface area contributed by atoms with Crippen LogP contribution in [0, 0.1) is 6.92 Å². The van der Waals surface area contributed by atoms with Gasteiger partial charge in [-0.1, -0.05) is 6.42 Å². The summed E-state index contributed by atoms with van der Waals surface area (Å²) in [5.74, 6) is 0. The van der Waals surface area contributed by atoms with Crippen LogP contribution in [-0.2, 0) is 16.0 Å². The topological polar surface area (TPSA) is 59.8 Å². The van der Waals surface area contributed by atoms with Gasteiger partial charge in [-0.15, -0.1) is 0 Å². The second-order valence-electron chi connectivity index (χ2n) is 7.21. The molecule has 1 aromatic heterocycles. The molecule has 3 rings (SSSR count). The summed E-state index contributed by atoms with van der Waals surface area (Å²) in [5.41, 5.74) is 1.19. The fourth-order valence-electron chi connectivity index (χ4n) is 3.72.